The molecule has 1 saturated carbocycles. The number of carbonyl (C=O) groups is 1. The largest absolute Gasteiger partial charge is 0.497 e. The molecule has 0 heterocycles. The van der Waals surface area contributed by atoms with E-state index in [1.165, 1.54) is 31.4 Å². The summed E-state index contributed by atoms with van der Waals surface area (Å²) in [6, 6.07) is 13.5. The van der Waals surface area contributed by atoms with E-state index in [4.69, 9.17) is 16.3 Å². The van der Waals surface area contributed by atoms with E-state index in [0.29, 0.717) is 16.3 Å². The van der Waals surface area contributed by atoms with Gasteiger partial charge in [-0.25, -0.2) is 8.42 Å². The Morgan fingerprint density at radius 3 is 2.23 bits per heavy atom. The van der Waals surface area contributed by atoms with Crippen LogP contribution in [0.3, 0.4) is 0 Å². The van der Waals surface area contributed by atoms with Crippen LogP contribution >= 0.6 is 11.6 Å². The van der Waals surface area contributed by atoms with Crippen LogP contribution < -0.4 is 4.74 Å². The number of halogens is 1. The van der Waals surface area contributed by atoms with Crippen LogP contribution in [0.5, 0.6) is 5.75 Å². The van der Waals surface area contributed by atoms with E-state index in [9.17, 15) is 23.6 Å². The van der Waals surface area contributed by atoms with Gasteiger partial charge in [-0.1, -0.05) is 23.7 Å². The number of methoxy groups -OCH3 is 1. The van der Waals surface area contributed by atoms with E-state index in [-0.39, 0.29) is 4.90 Å². The first-order valence-corrected chi connectivity index (χ1v) is 9.49. The minimum absolute atomic E-state index is 0.0659. The monoisotopic (exact) mass is 391 g/mol. The fourth-order valence-corrected chi connectivity index (χ4v) is 5.61. The van der Waals surface area contributed by atoms with Gasteiger partial charge in [0.15, 0.2) is 15.3 Å². The molecule has 26 heavy (non-hydrogen) atoms. The molecule has 2 aromatic carbocycles. The van der Waals surface area contributed by atoms with Crippen molar-refractivity contribution in [2.75, 3.05) is 7.11 Å². The second-order valence-corrected chi connectivity index (χ2v) is 8.46. The average Bonchev–Trinajstić information content (AvgIpc) is 3.34. The Morgan fingerprint density at radius 1 is 1.19 bits per heavy atom. The van der Waals surface area contributed by atoms with Crippen LogP contribution in [0.2, 0.25) is 5.02 Å². The first-order chi connectivity index (χ1) is 12.3. The number of nitrogens with zero attached hydrogens (tertiary/aromatic N) is 1. The Bertz CT molecular complexity index is 995. The summed E-state index contributed by atoms with van der Waals surface area (Å²) in [5, 5.41) is 18.1. The number of nitriles is 1. The molecule has 0 spiro atoms. The van der Waals surface area contributed by atoms with Gasteiger partial charge in [-0.3, -0.25) is 4.79 Å². The van der Waals surface area contributed by atoms with E-state index in [0.717, 1.165) is 0 Å². The maximum atomic E-state index is 13.0. The van der Waals surface area contributed by atoms with Crippen molar-refractivity contribution in [2.45, 2.75) is 16.1 Å². The maximum Gasteiger partial charge on any atom is 0.326 e. The molecular formula is C18H14ClNO5S. The summed E-state index contributed by atoms with van der Waals surface area (Å²) in [5.74, 6) is -1.88. The first kappa shape index (κ1) is 18.2. The lowest BCUT2D eigenvalue weighted by Crippen LogP contribution is -2.22. The second kappa shape index (κ2) is 6.31. The minimum Gasteiger partial charge on any atom is -0.497 e. The van der Waals surface area contributed by atoms with E-state index < -0.39 is 32.4 Å². The lowest BCUT2D eigenvalue weighted by Gasteiger charge is -2.05. The van der Waals surface area contributed by atoms with Crippen LogP contribution in [0.4, 0.5) is 0 Å². The zero-order valence-corrected chi connectivity index (χ0v) is 15.2. The predicted molar refractivity (Wildman–Crippen MR) is 93.8 cm³/mol. The molecular weight excluding hydrogens is 378 g/mol. The number of hydrogen-bond acceptors (Lipinski definition) is 5. The number of carboxylic acids is 1. The maximum absolute atomic E-state index is 13.0. The molecule has 8 heteroatoms. The number of carboxylic acid groups (broad SMARTS) is 1. The van der Waals surface area contributed by atoms with Crippen molar-refractivity contribution in [3.8, 4) is 11.8 Å². The normalized spacial score (nSPS) is 24.5. The smallest absolute Gasteiger partial charge is 0.326 e. The van der Waals surface area contributed by atoms with Gasteiger partial charge < -0.3 is 9.84 Å². The molecule has 0 saturated heterocycles. The highest BCUT2D eigenvalue weighted by Gasteiger charge is 2.77. The summed E-state index contributed by atoms with van der Waals surface area (Å²) in [6.07, 6.45) is 0. The third-order valence-corrected chi connectivity index (χ3v) is 7.12. The number of ether oxygens (including phenoxy) is 1. The van der Waals surface area contributed by atoms with Crippen molar-refractivity contribution in [1.29, 1.82) is 5.26 Å². The summed E-state index contributed by atoms with van der Waals surface area (Å²) in [5.41, 5.74) is -1.58. The summed E-state index contributed by atoms with van der Waals surface area (Å²) in [6.45, 7) is 0. The third-order valence-electron chi connectivity index (χ3n) is 4.62. The van der Waals surface area contributed by atoms with Gasteiger partial charge in [-0.15, -0.1) is 0 Å². The van der Waals surface area contributed by atoms with Crippen LogP contribution in [0.1, 0.15) is 11.5 Å². The Labute approximate surface area is 155 Å². The van der Waals surface area contributed by atoms with Crippen LogP contribution in [0.15, 0.2) is 53.4 Å². The standard InChI is InChI=1S/C18H14ClNO5S/c1-25-13-6-2-11(3-7-13)15-16(18(15,10-20)17(21)22)26(23,24)14-8-4-12(19)5-9-14/h2-9,15-16H,1H3,(H,21,22)/t15-,16-,18+/m1/s1. The van der Waals surface area contributed by atoms with Crippen molar-refractivity contribution in [2.24, 2.45) is 5.41 Å². The molecule has 0 aliphatic heterocycles. The molecule has 0 unspecified atom stereocenters. The van der Waals surface area contributed by atoms with Crippen molar-refractivity contribution >= 4 is 27.4 Å². The molecule has 1 aliphatic carbocycles. The number of aliphatic carboxylic acids is 1. The highest BCUT2D eigenvalue weighted by atomic mass is 35.5. The molecule has 3 rings (SSSR count). The molecule has 0 bridgehead atoms. The second-order valence-electron chi connectivity index (χ2n) is 5.96. The van der Waals surface area contributed by atoms with Gasteiger partial charge in [0.05, 0.1) is 18.1 Å². The average molecular weight is 392 g/mol. The lowest BCUT2D eigenvalue weighted by molar-refractivity contribution is -0.141. The van der Waals surface area contributed by atoms with Crippen LogP contribution in [0, 0.1) is 16.7 Å². The number of hydrogen-bond donors (Lipinski definition) is 1. The predicted octanol–water partition coefficient (Wildman–Crippen LogP) is 2.88. The quantitative estimate of drug-likeness (QED) is 0.840. The van der Waals surface area contributed by atoms with Gasteiger partial charge in [0.1, 0.15) is 11.0 Å². The Balaban J connectivity index is 2.10. The number of rotatable bonds is 5. The summed E-state index contributed by atoms with van der Waals surface area (Å²) >= 11 is 5.79. The highest BCUT2D eigenvalue weighted by molar-refractivity contribution is 7.92. The summed E-state index contributed by atoms with van der Waals surface area (Å²) < 4.78 is 31.1. The van der Waals surface area contributed by atoms with Gasteiger partial charge in [0.2, 0.25) is 0 Å². The van der Waals surface area contributed by atoms with Crippen molar-refractivity contribution in [1.82, 2.24) is 0 Å². The summed E-state index contributed by atoms with van der Waals surface area (Å²) in [4.78, 5) is 11.8. The molecule has 1 N–H and O–H groups in total. The summed E-state index contributed by atoms with van der Waals surface area (Å²) in [7, 11) is -2.57. The van der Waals surface area contributed by atoms with E-state index in [2.05, 4.69) is 0 Å². The molecule has 6 nitrogen and oxygen atoms in total. The van der Waals surface area contributed by atoms with Gasteiger partial charge in [0.25, 0.3) is 0 Å². The fourth-order valence-electron chi connectivity index (χ4n) is 3.24. The topological polar surface area (TPSA) is 104 Å². The third kappa shape index (κ3) is 2.62. The minimum atomic E-state index is -4.05. The Morgan fingerprint density at radius 2 is 1.77 bits per heavy atom. The van der Waals surface area contributed by atoms with Crippen molar-refractivity contribution in [3.63, 3.8) is 0 Å². The zero-order valence-electron chi connectivity index (χ0n) is 13.6. The Kier molecular flexibility index (Phi) is 4.42. The number of benzene rings is 2. The van der Waals surface area contributed by atoms with Crippen molar-refractivity contribution < 1.29 is 23.1 Å². The van der Waals surface area contributed by atoms with E-state index in [1.54, 1.807) is 30.3 Å². The van der Waals surface area contributed by atoms with Crippen molar-refractivity contribution in [3.05, 3.63) is 59.1 Å². The molecule has 1 fully saturated rings. The molecule has 0 radical (unpaired) electrons. The molecule has 3 atom stereocenters. The van der Waals surface area contributed by atoms with Gasteiger partial charge in [-0.2, -0.15) is 5.26 Å². The molecule has 0 aromatic heterocycles. The lowest BCUT2D eigenvalue weighted by atomic mass is 10.0. The zero-order chi connectivity index (χ0) is 19.1. The van der Waals surface area contributed by atoms with Crippen LogP contribution in [0.25, 0.3) is 0 Å². The van der Waals surface area contributed by atoms with Gasteiger partial charge in [-0.05, 0) is 42.0 Å². The van der Waals surface area contributed by atoms with Gasteiger partial charge >= 0.3 is 5.97 Å². The molecule has 2 aromatic rings. The molecule has 0 amide bonds. The van der Waals surface area contributed by atoms with Gasteiger partial charge in [0, 0.05) is 10.9 Å². The Hall–Kier alpha value is -2.56. The molecule has 1 aliphatic rings. The highest BCUT2D eigenvalue weighted by Crippen LogP contribution is 2.64. The van der Waals surface area contributed by atoms with Crippen LogP contribution in [-0.2, 0) is 14.6 Å². The van der Waals surface area contributed by atoms with E-state index >= 15 is 0 Å². The first-order valence-electron chi connectivity index (χ1n) is 7.57. The van der Waals surface area contributed by atoms with Crippen LogP contribution in [-0.4, -0.2) is 31.9 Å². The molecule has 134 valence electrons. The fraction of sp³-hybridized carbons (Fsp3) is 0.222. The van der Waals surface area contributed by atoms with E-state index in [1.807, 2.05) is 0 Å². The SMILES string of the molecule is COc1ccc([C@@H]2[C@@H](S(=O)(=O)c3ccc(Cl)cc3)[C@@]2(C#N)C(=O)O)cc1. The number of sulfone groups is 1.